The van der Waals surface area contributed by atoms with Gasteiger partial charge in [-0.1, -0.05) is 12.1 Å². The maximum atomic E-state index is 12.8. The Hall–Kier alpha value is -3.48. The number of rotatable bonds is 6. The van der Waals surface area contributed by atoms with E-state index in [1.807, 2.05) is 36.5 Å². The Kier molecular flexibility index (Phi) is 5.07. The number of methoxy groups -OCH3 is 3. The molecule has 7 nitrogen and oxygen atoms in total. The van der Waals surface area contributed by atoms with Gasteiger partial charge in [-0.25, -0.2) is 4.68 Å². The fourth-order valence-corrected chi connectivity index (χ4v) is 2.60. The first kappa shape index (κ1) is 17.3. The summed E-state index contributed by atoms with van der Waals surface area (Å²) in [5.74, 6) is 0.960. The number of nitrogens with one attached hydrogen (secondary N) is 1. The third kappa shape index (κ3) is 3.32. The first-order valence-corrected chi connectivity index (χ1v) is 7.88. The highest BCUT2D eigenvalue weighted by Crippen LogP contribution is 2.38. The zero-order valence-corrected chi connectivity index (χ0v) is 14.7. The molecular weight excluding hydrogens is 334 g/mol. The highest BCUT2D eigenvalue weighted by Gasteiger charge is 2.18. The Labute approximate surface area is 151 Å². The van der Waals surface area contributed by atoms with Gasteiger partial charge in [-0.05, 0) is 30.3 Å². The summed E-state index contributed by atoms with van der Waals surface area (Å²) in [6.45, 7) is 0. The number of carbonyl (C=O) groups excluding carboxylic acids is 1. The predicted octanol–water partition coefficient (Wildman–Crippen LogP) is 3.15. The predicted molar refractivity (Wildman–Crippen MR) is 97.6 cm³/mol. The zero-order chi connectivity index (χ0) is 18.5. The van der Waals surface area contributed by atoms with Crippen molar-refractivity contribution >= 4 is 11.6 Å². The van der Waals surface area contributed by atoms with Gasteiger partial charge in [-0.2, -0.15) is 5.10 Å². The molecule has 1 N–H and O–H groups in total. The smallest absolute Gasteiger partial charge is 0.255 e. The average molecular weight is 353 g/mol. The van der Waals surface area contributed by atoms with E-state index in [0.717, 1.165) is 5.69 Å². The van der Waals surface area contributed by atoms with Crippen LogP contribution in [-0.4, -0.2) is 37.0 Å². The van der Waals surface area contributed by atoms with Gasteiger partial charge in [0.25, 0.3) is 5.91 Å². The van der Waals surface area contributed by atoms with Crippen LogP contribution in [0.25, 0.3) is 5.69 Å². The number of benzene rings is 2. The van der Waals surface area contributed by atoms with Crippen molar-refractivity contribution in [2.75, 3.05) is 26.6 Å². The van der Waals surface area contributed by atoms with E-state index in [-0.39, 0.29) is 5.91 Å². The van der Waals surface area contributed by atoms with Crippen molar-refractivity contribution in [3.8, 4) is 22.9 Å². The molecule has 0 aliphatic heterocycles. The summed E-state index contributed by atoms with van der Waals surface area (Å²) in [6, 6.07) is 12.4. The van der Waals surface area contributed by atoms with Crippen molar-refractivity contribution < 1.29 is 19.0 Å². The molecule has 0 bridgehead atoms. The minimum atomic E-state index is -0.302. The molecule has 0 aliphatic rings. The van der Waals surface area contributed by atoms with Gasteiger partial charge in [0.1, 0.15) is 0 Å². The topological polar surface area (TPSA) is 74.6 Å². The van der Waals surface area contributed by atoms with Gasteiger partial charge in [-0.15, -0.1) is 0 Å². The minimum Gasteiger partial charge on any atom is -0.493 e. The molecule has 0 radical (unpaired) electrons. The molecule has 3 aromatic rings. The summed E-state index contributed by atoms with van der Waals surface area (Å²) in [4.78, 5) is 12.8. The van der Waals surface area contributed by atoms with Crippen molar-refractivity contribution in [1.29, 1.82) is 0 Å². The van der Waals surface area contributed by atoms with Crippen molar-refractivity contribution in [1.82, 2.24) is 9.78 Å². The largest absolute Gasteiger partial charge is 0.493 e. The summed E-state index contributed by atoms with van der Waals surface area (Å²) in [7, 11) is 4.53. The Balaban J connectivity index is 1.95. The van der Waals surface area contributed by atoms with Gasteiger partial charge < -0.3 is 19.5 Å². The molecule has 7 heteroatoms. The molecule has 26 heavy (non-hydrogen) atoms. The van der Waals surface area contributed by atoms with Crippen LogP contribution in [0.3, 0.4) is 0 Å². The van der Waals surface area contributed by atoms with Crippen molar-refractivity contribution in [2.45, 2.75) is 0 Å². The second-order valence-corrected chi connectivity index (χ2v) is 5.34. The molecule has 0 fully saturated rings. The fraction of sp³-hybridized carbons (Fsp3) is 0.158. The van der Waals surface area contributed by atoms with Gasteiger partial charge in [0.2, 0.25) is 5.75 Å². The lowest BCUT2D eigenvalue weighted by Gasteiger charge is -2.15. The molecule has 1 aromatic heterocycles. The molecule has 134 valence electrons. The Morgan fingerprint density at radius 1 is 1.00 bits per heavy atom. The van der Waals surface area contributed by atoms with Crippen molar-refractivity contribution in [3.63, 3.8) is 0 Å². The lowest BCUT2D eigenvalue weighted by molar-refractivity contribution is 0.102. The van der Waals surface area contributed by atoms with E-state index in [2.05, 4.69) is 10.4 Å². The van der Waals surface area contributed by atoms with Crippen LogP contribution in [0.4, 0.5) is 5.69 Å². The number of hydrogen-bond acceptors (Lipinski definition) is 5. The fourth-order valence-electron chi connectivity index (χ4n) is 2.60. The van der Waals surface area contributed by atoms with E-state index in [0.29, 0.717) is 28.5 Å². The number of anilines is 1. The van der Waals surface area contributed by atoms with E-state index in [9.17, 15) is 4.79 Å². The molecule has 3 rings (SSSR count). The molecule has 0 saturated carbocycles. The average Bonchev–Trinajstić information content (AvgIpc) is 3.21. The number of aromatic nitrogens is 2. The number of para-hydroxylation sites is 2. The molecule has 1 amide bonds. The second-order valence-electron chi connectivity index (χ2n) is 5.34. The number of hydrogen-bond donors (Lipinski definition) is 1. The number of carbonyl (C=O) groups is 1. The minimum absolute atomic E-state index is 0.302. The quantitative estimate of drug-likeness (QED) is 0.737. The Morgan fingerprint density at radius 3 is 2.27 bits per heavy atom. The molecule has 0 saturated heterocycles. The molecule has 2 aromatic carbocycles. The van der Waals surface area contributed by atoms with E-state index in [1.165, 1.54) is 21.3 Å². The number of amides is 1. The molecule has 0 spiro atoms. The van der Waals surface area contributed by atoms with Crippen LogP contribution in [0, 0.1) is 0 Å². The zero-order valence-electron chi connectivity index (χ0n) is 14.7. The second kappa shape index (κ2) is 7.60. The molecule has 0 unspecified atom stereocenters. The van der Waals surface area contributed by atoms with Crippen LogP contribution < -0.4 is 19.5 Å². The molecular formula is C19H19N3O4. The van der Waals surface area contributed by atoms with Crippen LogP contribution in [0.5, 0.6) is 17.2 Å². The van der Waals surface area contributed by atoms with E-state index >= 15 is 0 Å². The summed E-state index contributed by atoms with van der Waals surface area (Å²) >= 11 is 0. The Bertz CT molecular complexity index is 882. The highest BCUT2D eigenvalue weighted by atomic mass is 16.5. The molecule has 1 heterocycles. The monoisotopic (exact) mass is 353 g/mol. The third-order valence-corrected chi connectivity index (χ3v) is 3.83. The maximum Gasteiger partial charge on any atom is 0.255 e. The van der Waals surface area contributed by atoms with Crippen LogP contribution >= 0.6 is 0 Å². The summed E-state index contributed by atoms with van der Waals surface area (Å²) in [6.07, 6.45) is 3.49. The maximum absolute atomic E-state index is 12.8. The van der Waals surface area contributed by atoms with E-state index in [1.54, 1.807) is 23.0 Å². The standard InChI is InChI=1S/C19H19N3O4/c1-24-16-11-13(12-17(25-2)18(16)26-3)19(23)21-14-7-4-5-8-15(14)22-10-6-9-20-22/h4-12H,1-3H3,(H,21,23). The number of nitrogens with zero attached hydrogens (tertiary/aromatic N) is 2. The normalized spacial score (nSPS) is 10.3. The van der Waals surface area contributed by atoms with Crippen LogP contribution in [0.1, 0.15) is 10.4 Å². The van der Waals surface area contributed by atoms with Gasteiger partial charge in [0.05, 0.1) is 32.7 Å². The van der Waals surface area contributed by atoms with Crippen LogP contribution in [-0.2, 0) is 0 Å². The molecule has 0 atom stereocenters. The third-order valence-electron chi connectivity index (χ3n) is 3.83. The SMILES string of the molecule is COc1cc(C(=O)Nc2ccccc2-n2cccn2)cc(OC)c1OC. The lowest BCUT2D eigenvalue weighted by Crippen LogP contribution is -2.14. The van der Waals surface area contributed by atoms with E-state index < -0.39 is 0 Å². The summed E-state index contributed by atoms with van der Waals surface area (Å²) in [5.41, 5.74) is 1.78. The highest BCUT2D eigenvalue weighted by molar-refractivity contribution is 6.06. The van der Waals surface area contributed by atoms with Gasteiger partial charge in [-0.3, -0.25) is 4.79 Å². The number of ether oxygens (including phenoxy) is 3. The first-order chi connectivity index (χ1) is 12.7. The Morgan fingerprint density at radius 2 is 1.69 bits per heavy atom. The van der Waals surface area contributed by atoms with Crippen LogP contribution in [0.15, 0.2) is 54.9 Å². The summed E-state index contributed by atoms with van der Waals surface area (Å²) in [5, 5.41) is 7.12. The van der Waals surface area contributed by atoms with E-state index in [4.69, 9.17) is 14.2 Å². The molecule has 0 aliphatic carbocycles. The lowest BCUT2D eigenvalue weighted by atomic mass is 10.1. The van der Waals surface area contributed by atoms with Gasteiger partial charge >= 0.3 is 0 Å². The first-order valence-electron chi connectivity index (χ1n) is 7.88. The van der Waals surface area contributed by atoms with Crippen molar-refractivity contribution in [3.05, 3.63) is 60.4 Å². The van der Waals surface area contributed by atoms with Crippen molar-refractivity contribution in [2.24, 2.45) is 0 Å². The summed E-state index contributed by atoms with van der Waals surface area (Å²) < 4.78 is 17.6. The van der Waals surface area contributed by atoms with Crippen LogP contribution in [0.2, 0.25) is 0 Å². The van der Waals surface area contributed by atoms with Gasteiger partial charge in [0.15, 0.2) is 11.5 Å². The van der Waals surface area contributed by atoms with Gasteiger partial charge in [0, 0.05) is 18.0 Å².